The fourth-order valence-electron chi connectivity index (χ4n) is 3.64. The van der Waals surface area contributed by atoms with E-state index < -0.39 is 11.7 Å². The number of nitrogens with zero attached hydrogens (tertiary/aromatic N) is 2. The van der Waals surface area contributed by atoms with Crippen molar-refractivity contribution in [2.75, 3.05) is 11.4 Å². The van der Waals surface area contributed by atoms with Gasteiger partial charge in [-0.3, -0.25) is 4.79 Å². The molecule has 3 nitrogen and oxygen atoms in total. The average Bonchev–Trinajstić information content (AvgIpc) is 2.96. The van der Waals surface area contributed by atoms with Crippen LogP contribution in [0.1, 0.15) is 39.8 Å². The Morgan fingerprint density at radius 2 is 1.69 bits per heavy atom. The molecule has 3 aromatic rings. The van der Waals surface area contributed by atoms with Crippen LogP contribution in [0.4, 0.5) is 18.9 Å². The number of para-hydroxylation sites is 1. The fourth-order valence-corrected chi connectivity index (χ4v) is 3.64. The lowest BCUT2D eigenvalue weighted by atomic mass is 10.1. The van der Waals surface area contributed by atoms with Crippen molar-refractivity contribution in [1.29, 1.82) is 0 Å². The Kier molecular flexibility index (Phi) is 5.55. The Morgan fingerprint density at radius 3 is 2.31 bits per heavy atom. The highest BCUT2D eigenvalue weighted by Crippen LogP contribution is 2.35. The number of benzene rings is 2. The summed E-state index contributed by atoms with van der Waals surface area (Å²) in [6, 6.07) is 14.7. The topological polar surface area (TPSA) is 25.2 Å². The number of hydrogen-bond acceptors (Lipinski definition) is 1. The molecule has 0 atom stereocenters. The first-order valence-corrected chi connectivity index (χ1v) is 9.39. The van der Waals surface area contributed by atoms with Crippen molar-refractivity contribution in [2.24, 2.45) is 0 Å². The zero-order valence-electron chi connectivity index (χ0n) is 16.8. The minimum absolute atomic E-state index is 0.0210. The molecule has 0 aliphatic heterocycles. The number of hydrogen-bond donors (Lipinski definition) is 0. The normalized spacial score (nSPS) is 11.6. The van der Waals surface area contributed by atoms with Gasteiger partial charge in [0, 0.05) is 23.6 Å². The molecule has 0 spiro atoms. The molecule has 0 bridgehead atoms. The Morgan fingerprint density at radius 1 is 1.00 bits per heavy atom. The Balaban J connectivity index is 2.10. The van der Waals surface area contributed by atoms with E-state index in [2.05, 4.69) is 0 Å². The molecule has 6 heteroatoms. The summed E-state index contributed by atoms with van der Waals surface area (Å²) in [5, 5.41) is 0. The first-order chi connectivity index (χ1) is 13.6. The standard InChI is InChI=1S/C23H23F3N2O/c1-5-27(18-10-8-9-15(2)13-18)22(29)19-14-16(3)28(17(19)4)21-12-7-6-11-20(21)23(24,25)26/h6-14H,5H2,1-4H3. The van der Waals surface area contributed by atoms with Gasteiger partial charge in [-0.2, -0.15) is 13.2 Å². The van der Waals surface area contributed by atoms with Gasteiger partial charge in [-0.1, -0.05) is 24.3 Å². The molecule has 0 aliphatic carbocycles. The van der Waals surface area contributed by atoms with Crippen molar-refractivity contribution >= 4 is 11.6 Å². The van der Waals surface area contributed by atoms with Gasteiger partial charge in [0.1, 0.15) is 0 Å². The predicted octanol–water partition coefficient (Wildman–Crippen LogP) is 6.09. The van der Waals surface area contributed by atoms with Gasteiger partial charge in [-0.25, -0.2) is 0 Å². The van der Waals surface area contributed by atoms with Gasteiger partial charge in [-0.05, 0) is 63.6 Å². The van der Waals surface area contributed by atoms with Crippen LogP contribution in [-0.2, 0) is 6.18 Å². The Hall–Kier alpha value is -3.02. The molecule has 0 N–H and O–H groups in total. The van der Waals surface area contributed by atoms with Gasteiger partial charge in [0.15, 0.2) is 0 Å². The third kappa shape index (κ3) is 3.92. The van der Waals surface area contributed by atoms with Crippen molar-refractivity contribution in [2.45, 2.75) is 33.9 Å². The molecular weight excluding hydrogens is 377 g/mol. The SMILES string of the molecule is CCN(C(=O)c1cc(C)n(-c2ccccc2C(F)(F)F)c1C)c1cccc(C)c1. The van der Waals surface area contributed by atoms with Crippen LogP contribution in [0.15, 0.2) is 54.6 Å². The number of amides is 1. The summed E-state index contributed by atoms with van der Waals surface area (Å²) in [4.78, 5) is 14.9. The lowest BCUT2D eigenvalue weighted by molar-refractivity contribution is -0.137. The maximum atomic E-state index is 13.5. The fraction of sp³-hybridized carbons (Fsp3) is 0.261. The van der Waals surface area contributed by atoms with E-state index >= 15 is 0 Å². The molecule has 0 aliphatic rings. The monoisotopic (exact) mass is 400 g/mol. The molecule has 152 valence electrons. The van der Waals surface area contributed by atoms with E-state index in [4.69, 9.17) is 0 Å². The highest BCUT2D eigenvalue weighted by Gasteiger charge is 2.34. The van der Waals surface area contributed by atoms with Crippen LogP contribution in [0.3, 0.4) is 0 Å². The Labute approximate surface area is 168 Å². The molecule has 1 heterocycles. The molecule has 0 fully saturated rings. The van der Waals surface area contributed by atoms with Crippen LogP contribution in [0, 0.1) is 20.8 Å². The van der Waals surface area contributed by atoms with Crippen molar-refractivity contribution in [3.05, 3.63) is 82.7 Å². The zero-order chi connectivity index (χ0) is 21.3. The van der Waals surface area contributed by atoms with Gasteiger partial charge in [-0.15, -0.1) is 0 Å². The second-order valence-corrected chi connectivity index (χ2v) is 7.02. The maximum Gasteiger partial charge on any atom is 0.418 e. The summed E-state index contributed by atoms with van der Waals surface area (Å²) in [5.74, 6) is -0.234. The third-order valence-electron chi connectivity index (χ3n) is 4.99. The van der Waals surface area contributed by atoms with Crippen molar-refractivity contribution in [1.82, 2.24) is 4.57 Å². The molecular formula is C23H23F3N2O. The number of carbonyl (C=O) groups excluding carboxylic acids is 1. The van der Waals surface area contributed by atoms with Gasteiger partial charge >= 0.3 is 6.18 Å². The molecule has 0 unspecified atom stereocenters. The number of halogens is 3. The molecule has 1 aromatic heterocycles. The molecule has 0 saturated carbocycles. The maximum absolute atomic E-state index is 13.5. The van der Waals surface area contributed by atoms with Gasteiger partial charge in [0.25, 0.3) is 5.91 Å². The first-order valence-electron chi connectivity index (χ1n) is 9.39. The van der Waals surface area contributed by atoms with Gasteiger partial charge < -0.3 is 9.47 Å². The molecule has 0 saturated heterocycles. The Bertz CT molecular complexity index is 1050. The van der Waals surface area contributed by atoms with Crippen molar-refractivity contribution < 1.29 is 18.0 Å². The molecule has 3 rings (SSSR count). The summed E-state index contributed by atoms with van der Waals surface area (Å²) in [6.45, 7) is 7.66. The smallest absolute Gasteiger partial charge is 0.317 e. The first kappa shape index (κ1) is 20.7. The third-order valence-corrected chi connectivity index (χ3v) is 4.99. The number of carbonyl (C=O) groups is 1. The summed E-state index contributed by atoms with van der Waals surface area (Å²) < 4.78 is 42.0. The lowest BCUT2D eigenvalue weighted by Crippen LogP contribution is -2.31. The van der Waals surface area contributed by atoms with Crippen LogP contribution in [-0.4, -0.2) is 17.0 Å². The summed E-state index contributed by atoms with van der Waals surface area (Å²) in [5.41, 5.74) is 2.52. The van der Waals surface area contributed by atoms with Gasteiger partial charge in [0.05, 0.1) is 16.8 Å². The van der Waals surface area contributed by atoms with Crippen molar-refractivity contribution in [3.8, 4) is 5.69 Å². The van der Waals surface area contributed by atoms with E-state index in [1.807, 2.05) is 38.1 Å². The summed E-state index contributed by atoms with van der Waals surface area (Å²) >= 11 is 0. The number of aromatic nitrogens is 1. The number of aryl methyl sites for hydroxylation is 2. The largest absolute Gasteiger partial charge is 0.418 e. The van der Waals surface area contributed by atoms with Crippen LogP contribution < -0.4 is 4.90 Å². The number of alkyl halides is 3. The van der Waals surface area contributed by atoms with Crippen LogP contribution in [0.5, 0.6) is 0 Å². The zero-order valence-corrected chi connectivity index (χ0v) is 16.8. The highest BCUT2D eigenvalue weighted by atomic mass is 19.4. The molecule has 1 amide bonds. The minimum Gasteiger partial charge on any atom is -0.317 e. The van der Waals surface area contributed by atoms with E-state index in [-0.39, 0.29) is 11.6 Å². The summed E-state index contributed by atoms with van der Waals surface area (Å²) in [6.07, 6.45) is -4.49. The molecule has 0 radical (unpaired) electrons. The van der Waals surface area contributed by atoms with Crippen molar-refractivity contribution in [3.63, 3.8) is 0 Å². The van der Waals surface area contributed by atoms with Crippen LogP contribution in [0.25, 0.3) is 5.69 Å². The quantitative estimate of drug-likeness (QED) is 0.520. The van der Waals surface area contributed by atoms with E-state index in [0.29, 0.717) is 23.5 Å². The van der Waals surface area contributed by atoms with E-state index in [1.54, 1.807) is 30.9 Å². The summed E-state index contributed by atoms with van der Waals surface area (Å²) in [7, 11) is 0. The molecule has 2 aromatic carbocycles. The van der Waals surface area contributed by atoms with E-state index in [1.165, 1.54) is 16.7 Å². The van der Waals surface area contributed by atoms with Gasteiger partial charge in [0.2, 0.25) is 0 Å². The van der Waals surface area contributed by atoms with E-state index in [9.17, 15) is 18.0 Å². The minimum atomic E-state index is -4.49. The second kappa shape index (κ2) is 7.78. The average molecular weight is 400 g/mol. The van der Waals surface area contributed by atoms with E-state index in [0.717, 1.165) is 17.3 Å². The molecule has 29 heavy (non-hydrogen) atoms. The lowest BCUT2D eigenvalue weighted by Gasteiger charge is -2.22. The second-order valence-electron chi connectivity index (χ2n) is 7.02. The number of anilines is 1. The van der Waals surface area contributed by atoms with Crippen LogP contribution >= 0.6 is 0 Å². The number of rotatable bonds is 4. The van der Waals surface area contributed by atoms with Crippen LogP contribution in [0.2, 0.25) is 0 Å². The predicted molar refractivity (Wildman–Crippen MR) is 109 cm³/mol. The highest BCUT2D eigenvalue weighted by molar-refractivity contribution is 6.07.